The molecule has 0 saturated carbocycles. The van der Waals surface area contributed by atoms with Gasteiger partial charge >= 0.3 is 0 Å². The molecule has 0 N–H and O–H groups in total. The van der Waals surface area contributed by atoms with Crippen LogP contribution in [0.1, 0.15) is 19.3 Å². The predicted octanol–water partition coefficient (Wildman–Crippen LogP) is 1.08. The van der Waals surface area contributed by atoms with E-state index in [2.05, 4.69) is 23.9 Å². The van der Waals surface area contributed by atoms with Crippen molar-refractivity contribution >= 4 is 0 Å². The standard InChI is InChI=1S/C16H32N2O3/c1-17-6-3-4-16(13-17)21-11-10-19-8-9-20-14-15-5-7-18(2)12-15/h15-16H,3-14H2,1-2H3. The van der Waals surface area contributed by atoms with Gasteiger partial charge in [0, 0.05) is 13.1 Å². The normalized spacial score (nSPS) is 28.3. The Labute approximate surface area is 129 Å². The maximum Gasteiger partial charge on any atom is 0.0704 e. The van der Waals surface area contributed by atoms with Gasteiger partial charge in [0.1, 0.15) is 0 Å². The fraction of sp³-hybridized carbons (Fsp3) is 1.00. The summed E-state index contributed by atoms with van der Waals surface area (Å²) in [6, 6.07) is 0. The number of nitrogens with zero attached hydrogens (tertiary/aromatic N) is 2. The van der Waals surface area contributed by atoms with Crippen LogP contribution in [-0.2, 0) is 14.2 Å². The molecule has 0 radical (unpaired) electrons. The number of likely N-dealkylation sites (tertiary alicyclic amines) is 2. The molecule has 2 aliphatic rings. The summed E-state index contributed by atoms with van der Waals surface area (Å²) in [4.78, 5) is 4.70. The van der Waals surface area contributed by atoms with Crippen LogP contribution in [0.3, 0.4) is 0 Å². The lowest BCUT2D eigenvalue weighted by molar-refractivity contribution is -0.0335. The van der Waals surface area contributed by atoms with Gasteiger partial charge in [-0.1, -0.05) is 0 Å². The van der Waals surface area contributed by atoms with Gasteiger partial charge in [-0.25, -0.2) is 0 Å². The van der Waals surface area contributed by atoms with E-state index in [4.69, 9.17) is 14.2 Å². The zero-order valence-corrected chi connectivity index (χ0v) is 13.8. The van der Waals surface area contributed by atoms with Gasteiger partial charge < -0.3 is 24.0 Å². The van der Waals surface area contributed by atoms with Crippen molar-refractivity contribution in [2.24, 2.45) is 5.92 Å². The first-order valence-electron chi connectivity index (χ1n) is 8.38. The molecule has 2 rings (SSSR count). The molecule has 2 aliphatic heterocycles. The van der Waals surface area contributed by atoms with Crippen LogP contribution in [0.2, 0.25) is 0 Å². The fourth-order valence-electron chi connectivity index (χ4n) is 3.16. The van der Waals surface area contributed by atoms with Gasteiger partial charge in [-0.15, -0.1) is 0 Å². The molecule has 2 atom stereocenters. The maximum atomic E-state index is 5.84. The highest BCUT2D eigenvalue weighted by atomic mass is 16.5. The molecule has 0 aliphatic carbocycles. The molecule has 0 aromatic heterocycles. The van der Waals surface area contributed by atoms with Crippen molar-refractivity contribution in [1.29, 1.82) is 0 Å². The summed E-state index contributed by atoms with van der Waals surface area (Å²) in [7, 11) is 4.33. The minimum atomic E-state index is 0.392. The lowest BCUT2D eigenvalue weighted by atomic mass is 10.1. The van der Waals surface area contributed by atoms with Crippen molar-refractivity contribution in [3.8, 4) is 0 Å². The van der Waals surface area contributed by atoms with E-state index in [1.54, 1.807) is 0 Å². The zero-order valence-electron chi connectivity index (χ0n) is 13.8. The molecular weight excluding hydrogens is 268 g/mol. The molecule has 0 aromatic carbocycles. The minimum Gasteiger partial charge on any atom is -0.379 e. The topological polar surface area (TPSA) is 34.2 Å². The van der Waals surface area contributed by atoms with E-state index in [0.717, 1.165) is 13.2 Å². The Balaban J connectivity index is 1.35. The van der Waals surface area contributed by atoms with Crippen LogP contribution in [-0.4, -0.2) is 89.2 Å². The molecule has 2 unspecified atom stereocenters. The summed E-state index contributed by atoms with van der Waals surface area (Å²) < 4.78 is 17.1. The van der Waals surface area contributed by atoms with Gasteiger partial charge in [-0.3, -0.25) is 0 Å². The molecule has 124 valence electrons. The molecule has 2 fully saturated rings. The molecule has 21 heavy (non-hydrogen) atoms. The number of hydrogen-bond donors (Lipinski definition) is 0. The molecule has 0 aromatic rings. The highest BCUT2D eigenvalue weighted by Crippen LogP contribution is 2.14. The summed E-state index contributed by atoms with van der Waals surface area (Å²) in [5.41, 5.74) is 0. The average molecular weight is 300 g/mol. The second-order valence-corrected chi connectivity index (χ2v) is 6.50. The number of rotatable bonds is 9. The second-order valence-electron chi connectivity index (χ2n) is 6.50. The van der Waals surface area contributed by atoms with E-state index in [9.17, 15) is 0 Å². The van der Waals surface area contributed by atoms with Crippen molar-refractivity contribution in [3.63, 3.8) is 0 Å². The predicted molar refractivity (Wildman–Crippen MR) is 83.7 cm³/mol. The highest BCUT2D eigenvalue weighted by molar-refractivity contribution is 4.72. The molecule has 5 nitrogen and oxygen atoms in total. The third-order valence-corrected chi connectivity index (χ3v) is 4.38. The Kier molecular flexibility index (Phi) is 7.96. The molecule has 5 heteroatoms. The van der Waals surface area contributed by atoms with Gasteiger partial charge in [0.15, 0.2) is 0 Å². The summed E-state index contributed by atoms with van der Waals surface area (Å²) >= 11 is 0. The Morgan fingerprint density at radius 1 is 0.857 bits per heavy atom. The Hall–Kier alpha value is -0.200. The Morgan fingerprint density at radius 2 is 1.62 bits per heavy atom. The number of likely N-dealkylation sites (N-methyl/N-ethyl adjacent to an activating group) is 1. The molecule has 0 spiro atoms. The van der Waals surface area contributed by atoms with E-state index in [0.29, 0.717) is 38.4 Å². The quantitative estimate of drug-likeness (QED) is 0.595. The van der Waals surface area contributed by atoms with Crippen molar-refractivity contribution < 1.29 is 14.2 Å². The number of hydrogen-bond acceptors (Lipinski definition) is 5. The van der Waals surface area contributed by atoms with E-state index in [1.165, 1.54) is 38.9 Å². The van der Waals surface area contributed by atoms with E-state index < -0.39 is 0 Å². The van der Waals surface area contributed by atoms with Crippen molar-refractivity contribution in [1.82, 2.24) is 9.80 Å². The lowest BCUT2D eigenvalue weighted by Crippen LogP contribution is -2.37. The molecule has 2 saturated heterocycles. The van der Waals surface area contributed by atoms with Crippen LogP contribution < -0.4 is 0 Å². The molecule has 0 bridgehead atoms. The summed E-state index contributed by atoms with van der Waals surface area (Å²) in [6.07, 6.45) is 4.08. The SMILES string of the molecule is CN1CCC(COCCOCCOC2CCCN(C)C2)C1. The molecular formula is C16H32N2O3. The summed E-state index contributed by atoms with van der Waals surface area (Å²) in [5.74, 6) is 0.710. The van der Waals surface area contributed by atoms with Crippen LogP contribution in [0.5, 0.6) is 0 Å². The Bertz CT molecular complexity index is 278. The third-order valence-electron chi connectivity index (χ3n) is 4.38. The van der Waals surface area contributed by atoms with Crippen LogP contribution in [0.4, 0.5) is 0 Å². The lowest BCUT2D eigenvalue weighted by Gasteiger charge is -2.29. The van der Waals surface area contributed by atoms with E-state index in [1.807, 2.05) is 0 Å². The first kappa shape index (κ1) is 17.2. The van der Waals surface area contributed by atoms with Crippen molar-refractivity contribution in [2.45, 2.75) is 25.4 Å². The number of piperidine rings is 1. The monoisotopic (exact) mass is 300 g/mol. The van der Waals surface area contributed by atoms with Crippen LogP contribution in [0.25, 0.3) is 0 Å². The number of ether oxygens (including phenoxy) is 3. The second kappa shape index (κ2) is 9.74. The van der Waals surface area contributed by atoms with Crippen LogP contribution in [0, 0.1) is 5.92 Å². The highest BCUT2D eigenvalue weighted by Gasteiger charge is 2.19. The Morgan fingerprint density at radius 3 is 2.38 bits per heavy atom. The zero-order chi connectivity index (χ0) is 14.9. The van der Waals surface area contributed by atoms with Crippen molar-refractivity contribution in [3.05, 3.63) is 0 Å². The van der Waals surface area contributed by atoms with Crippen LogP contribution in [0.15, 0.2) is 0 Å². The van der Waals surface area contributed by atoms with Crippen LogP contribution >= 0.6 is 0 Å². The fourth-order valence-corrected chi connectivity index (χ4v) is 3.16. The largest absolute Gasteiger partial charge is 0.379 e. The smallest absolute Gasteiger partial charge is 0.0704 e. The summed E-state index contributed by atoms with van der Waals surface area (Å²) in [5, 5.41) is 0. The minimum absolute atomic E-state index is 0.392. The van der Waals surface area contributed by atoms with E-state index in [-0.39, 0.29) is 0 Å². The summed E-state index contributed by atoms with van der Waals surface area (Å²) in [6.45, 7) is 8.26. The van der Waals surface area contributed by atoms with Gasteiger partial charge in [-0.05, 0) is 52.4 Å². The maximum absolute atomic E-state index is 5.84. The van der Waals surface area contributed by atoms with Crippen molar-refractivity contribution in [2.75, 3.05) is 73.3 Å². The third kappa shape index (κ3) is 7.06. The van der Waals surface area contributed by atoms with Gasteiger partial charge in [0.25, 0.3) is 0 Å². The van der Waals surface area contributed by atoms with E-state index >= 15 is 0 Å². The first-order chi connectivity index (χ1) is 10.2. The van der Waals surface area contributed by atoms with Gasteiger partial charge in [0.2, 0.25) is 0 Å². The molecule has 0 amide bonds. The van der Waals surface area contributed by atoms with Gasteiger partial charge in [-0.2, -0.15) is 0 Å². The van der Waals surface area contributed by atoms with Gasteiger partial charge in [0.05, 0.1) is 39.1 Å². The first-order valence-corrected chi connectivity index (χ1v) is 8.38. The molecule has 2 heterocycles. The average Bonchev–Trinajstić information content (AvgIpc) is 2.87.